The molecular weight excluding hydrogens is 316 g/mol. The number of fused-ring (bicyclic) bond motifs is 2. The minimum atomic E-state index is -0.374. The molecular formula is C18H24N6O. The highest BCUT2D eigenvalue weighted by Gasteiger charge is 2.28. The number of hydrogen-bond donors (Lipinski definition) is 3. The molecule has 2 aromatic rings. The molecule has 132 valence electrons. The Bertz CT molecular complexity index is 784. The van der Waals surface area contributed by atoms with E-state index in [1.54, 1.807) is 6.33 Å². The zero-order valence-electron chi connectivity index (χ0n) is 14.6. The lowest BCUT2D eigenvalue weighted by molar-refractivity contribution is -0.123. The second-order valence-electron chi connectivity index (χ2n) is 6.80. The maximum atomic E-state index is 12.5. The van der Waals surface area contributed by atoms with Crippen LogP contribution in [-0.2, 0) is 30.5 Å². The number of aryl methyl sites for hydroxylation is 2. The summed E-state index contributed by atoms with van der Waals surface area (Å²) in [5.41, 5.74) is 5.49. The van der Waals surface area contributed by atoms with Crippen LogP contribution in [0.25, 0.3) is 0 Å². The molecule has 4 rings (SSSR count). The fourth-order valence-electron chi connectivity index (χ4n) is 3.79. The van der Waals surface area contributed by atoms with E-state index >= 15 is 0 Å². The minimum Gasteiger partial charge on any atom is -0.354 e. The number of rotatable bonds is 4. The molecule has 1 aliphatic carbocycles. The highest BCUT2D eigenvalue weighted by Crippen LogP contribution is 2.22. The quantitative estimate of drug-likeness (QED) is 0.770. The average molecular weight is 340 g/mol. The molecule has 7 nitrogen and oxygen atoms in total. The van der Waals surface area contributed by atoms with Gasteiger partial charge in [0.25, 0.3) is 0 Å². The predicted molar refractivity (Wildman–Crippen MR) is 93.2 cm³/mol. The van der Waals surface area contributed by atoms with E-state index in [4.69, 9.17) is 4.98 Å². The molecule has 2 aliphatic rings. The normalized spacial score (nSPS) is 19.2. The molecule has 0 bridgehead atoms. The van der Waals surface area contributed by atoms with Gasteiger partial charge in [-0.25, -0.2) is 15.0 Å². The maximum absolute atomic E-state index is 12.5. The molecule has 2 aromatic heterocycles. The van der Waals surface area contributed by atoms with Gasteiger partial charge in [-0.05, 0) is 38.2 Å². The van der Waals surface area contributed by atoms with Gasteiger partial charge < -0.3 is 15.6 Å². The molecule has 0 unspecified atom stereocenters. The molecule has 1 atom stereocenters. The fourth-order valence-corrected chi connectivity index (χ4v) is 3.79. The van der Waals surface area contributed by atoms with Crippen LogP contribution in [0.5, 0.6) is 0 Å². The van der Waals surface area contributed by atoms with Crippen molar-refractivity contribution in [3.63, 3.8) is 0 Å². The number of carbonyl (C=O) groups is 1. The lowest BCUT2D eigenvalue weighted by Gasteiger charge is -2.22. The van der Waals surface area contributed by atoms with E-state index in [9.17, 15) is 4.79 Å². The van der Waals surface area contributed by atoms with Crippen LogP contribution in [0, 0.1) is 6.92 Å². The van der Waals surface area contributed by atoms with Gasteiger partial charge in [0.15, 0.2) is 0 Å². The number of aromatic nitrogens is 4. The van der Waals surface area contributed by atoms with E-state index in [1.807, 2.05) is 0 Å². The number of imidazole rings is 1. The number of nitrogens with one attached hydrogen (secondary N) is 3. The molecule has 1 amide bonds. The van der Waals surface area contributed by atoms with E-state index in [2.05, 4.69) is 32.5 Å². The highest BCUT2D eigenvalue weighted by atomic mass is 16.2. The van der Waals surface area contributed by atoms with Gasteiger partial charge in [0.2, 0.25) is 5.91 Å². The van der Waals surface area contributed by atoms with Crippen LogP contribution in [0.4, 0.5) is 0 Å². The summed E-state index contributed by atoms with van der Waals surface area (Å²) in [6.45, 7) is 3.38. The van der Waals surface area contributed by atoms with Gasteiger partial charge in [-0.2, -0.15) is 0 Å². The number of H-pyrrole nitrogens is 1. The second-order valence-corrected chi connectivity index (χ2v) is 6.80. The smallest absolute Gasteiger partial charge is 0.243 e. The first-order chi connectivity index (χ1) is 12.2. The summed E-state index contributed by atoms with van der Waals surface area (Å²) in [4.78, 5) is 29.2. The molecule has 1 aliphatic heterocycles. The molecule has 0 spiro atoms. The van der Waals surface area contributed by atoms with Gasteiger partial charge >= 0.3 is 0 Å². The Balaban J connectivity index is 1.37. The standard InChI is InChI=1S/C18H24N6O/c1-11-12-4-2-3-5-13(12)24-15(23-11)7-9-20-18(25)17-16-14(6-8-19-17)21-10-22-16/h10,17,19H,2-9H2,1H3,(H,20,25)(H,21,22)/t17-/m1/s1. The molecule has 25 heavy (non-hydrogen) atoms. The van der Waals surface area contributed by atoms with Gasteiger partial charge in [-0.3, -0.25) is 4.79 Å². The van der Waals surface area contributed by atoms with Gasteiger partial charge in [0, 0.05) is 43.0 Å². The van der Waals surface area contributed by atoms with E-state index in [0.29, 0.717) is 13.0 Å². The molecule has 0 saturated heterocycles. The Kier molecular flexibility index (Phi) is 4.48. The SMILES string of the molecule is Cc1nc(CCNC(=O)[C@@H]2NCCc3[nH]cnc32)nc2c1CCCC2. The molecule has 0 saturated carbocycles. The summed E-state index contributed by atoms with van der Waals surface area (Å²) in [5.74, 6) is 0.790. The van der Waals surface area contributed by atoms with Crippen LogP contribution >= 0.6 is 0 Å². The minimum absolute atomic E-state index is 0.0391. The zero-order valence-corrected chi connectivity index (χ0v) is 14.6. The van der Waals surface area contributed by atoms with Crippen molar-refractivity contribution < 1.29 is 4.79 Å². The Hall–Kier alpha value is -2.28. The van der Waals surface area contributed by atoms with Crippen molar-refractivity contribution in [2.24, 2.45) is 0 Å². The summed E-state index contributed by atoms with van der Waals surface area (Å²) in [7, 11) is 0. The molecule has 7 heteroatoms. The third-order valence-electron chi connectivity index (χ3n) is 5.09. The Morgan fingerprint density at radius 2 is 2.16 bits per heavy atom. The third kappa shape index (κ3) is 3.28. The topological polar surface area (TPSA) is 95.6 Å². The average Bonchev–Trinajstić information content (AvgIpc) is 3.10. The van der Waals surface area contributed by atoms with Crippen LogP contribution in [-0.4, -0.2) is 38.9 Å². The molecule has 0 radical (unpaired) electrons. The summed E-state index contributed by atoms with van der Waals surface area (Å²) < 4.78 is 0. The third-order valence-corrected chi connectivity index (χ3v) is 5.09. The monoisotopic (exact) mass is 340 g/mol. The van der Waals surface area contributed by atoms with Gasteiger partial charge in [-0.15, -0.1) is 0 Å². The van der Waals surface area contributed by atoms with Crippen LogP contribution < -0.4 is 10.6 Å². The van der Waals surface area contributed by atoms with Gasteiger partial charge in [0.1, 0.15) is 11.9 Å². The lowest BCUT2D eigenvalue weighted by atomic mass is 9.95. The van der Waals surface area contributed by atoms with Crippen molar-refractivity contribution >= 4 is 5.91 Å². The largest absolute Gasteiger partial charge is 0.354 e. The van der Waals surface area contributed by atoms with Crippen LogP contribution in [0.3, 0.4) is 0 Å². The zero-order chi connectivity index (χ0) is 17.2. The summed E-state index contributed by atoms with van der Waals surface area (Å²) in [6, 6.07) is -0.374. The van der Waals surface area contributed by atoms with Crippen molar-refractivity contribution in [1.82, 2.24) is 30.6 Å². The number of nitrogens with zero attached hydrogens (tertiary/aromatic N) is 3. The van der Waals surface area contributed by atoms with E-state index < -0.39 is 0 Å². The number of amides is 1. The van der Waals surface area contributed by atoms with Gasteiger partial charge in [0.05, 0.1) is 12.0 Å². The Morgan fingerprint density at radius 3 is 3.08 bits per heavy atom. The first-order valence-corrected chi connectivity index (χ1v) is 9.11. The van der Waals surface area contributed by atoms with E-state index in [-0.39, 0.29) is 11.9 Å². The number of hydrogen-bond acceptors (Lipinski definition) is 5. The summed E-state index contributed by atoms with van der Waals surface area (Å²) >= 11 is 0. The van der Waals surface area contributed by atoms with E-state index in [1.165, 1.54) is 24.1 Å². The molecule has 0 fully saturated rings. The van der Waals surface area contributed by atoms with Crippen molar-refractivity contribution in [3.05, 3.63) is 40.5 Å². The van der Waals surface area contributed by atoms with Gasteiger partial charge in [-0.1, -0.05) is 0 Å². The molecule has 3 heterocycles. The highest BCUT2D eigenvalue weighted by molar-refractivity contribution is 5.83. The molecule has 3 N–H and O–H groups in total. The summed E-state index contributed by atoms with van der Waals surface area (Å²) in [6.07, 6.45) is 7.77. The van der Waals surface area contributed by atoms with Crippen molar-refractivity contribution in [2.75, 3.05) is 13.1 Å². The summed E-state index contributed by atoms with van der Waals surface area (Å²) in [5, 5.41) is 6.23. The molecule has 0 aromatic carbocycles. The van der Waals surface area contributed by atoms with Crippen molar-refractivity contribution in [1.29, 1.82) is 0 Å². The lowest BCUT2D eigenvalue weighted by Crippen LogP contribution is -2.42. The van der Waals surface area contributed by atoms with Crippen LogP contribution in [0.15, 0.2) is 6.33 Å². The van der Waals surface area contributed by atoms with Crippen LogP contribution in [0.1, 0.15) is 53.0 Å². The fraction of sp³-hybridized carbons (Fsp3) is 0.556. The van der Waals surface area contributed by atoms with E-state index in [0.717, 1.165) is 48.7 Å². The maximum Gasteiger partial charge on any atom is 0.243 e. The Morgan fingerprint density at radius 1 is 1.28 bits per heavy atom. The second kappa shape index (κ2) is 6.92. The number of carbonyl (C=O) groups excluding carboxylic acids is 1. The first-order valence-electron chi connectivity index (χ1n) is 9.11. The van der Waals surface area contributed by atoms with Crippen LogP contribution in [0.2, 0.25) is 0 Å². The predicted octanol–water partition coefficient (Wildman–Crippen LogP) is 0.933. The first kappa shape index (κ1) is 16.2. The number of aromatic amines is 1. The Labute approximate surface area is 147 Å². The van der Waals surface area contributed by atoms with Crippen molar-refractivity contribution in [3.8, 4) is 0 Å². The van der Waals surface area contributed by atoms with Crippen molar-refractivity contribution in [2.45, 2.75) is 51.5 Å².